The number of ketones is 1. The summed E-state index contributed by atoms with van der Waals surface area (Å²) in [6, 6.07) is 2.59. The van der Waals surface area contributed by atoms with Crippen LogP contribution in [0.4, 0.5) is 5.88 Å². The van der Waals surface area contributed by atoms with Crippen molar-refractivity contribution in [3.63, 3.8) is 0 Å². The second kappa shape index (κ2) is 4.06. The number of hydrogen-bond acceptors (Lipinski definition) is 5. The van der Waals surface area contributed by atoms with Crippen molar-refractivity contribution >= 4 is 23.4 Å². The largest absolute Gasteiger partial charge is 0.433 e. The number of hydrogen-bond donors (Lipinski definition) is 0. The second-order valence-corrected chi connectivity index (χ2v) is 4.57. The Bertz CT molecular complexity index is 395. The van der Waals surface area contributed by atoms with Crippen molar-refractivity contribution in [1.82, 2.24) is 0 Å². The summed E-state index contributed by atoms with van der Waals surface area (Å²) in [5.74, 6) is 0.562. The van der Waals surface area contributed by atoms with Gasteiger partial charge in [0, 0.05) is 0 Å². The summed E-state index contributed by atoms with van der Waals surface area (Å²) in [5.41, 5.74) is 0. The lowest BCUT2D eigenvalue weighted by Gasteiger charge is -2.02. The SMILES string of the molecule is O=C(c1ccc([N+](=O)[O-])o1)C1CCCS1. The first-order valence-electron chi connectivity index (χ1n) is 4.58. The molecule has 1 atom stereocenters. The molecular formula is C9H9NO4S. The van der Waals surface area contributed by atoms with Crippen LogP contribution in [-0.4, -0.2) is 21.7 Å². The number of carbonyl (C=O) groups excluding carboxylic acids is 1. The molecule has 2 rings (SSSR count). The van der Waals surface area contributed by atoms with Crippen molar-refractivity contribution in [2.75, 3.05) is 5.75 Å². The van der Waals surface area contributed by atoms with Crippen molar-refractivity contribution < 1.29 is 14.1 Å². The molecule has 5 nitrogen and oxygen atoms in total. The number of furan rings is 1. The second-order valence-electron chi connectivity index (χ2n) is 3.26. The highest BCUT2D eigenvalue weighted by Gasteiger charge is 2.28. The fourth-order valence-electron chi connectivity index (χ4n) is 1.50. The van der Waals surface area contributed by atoms with Crippen LogP contribution in [0.1, 0.15) is 23.4 Å². The number of thioether (sulfide) groups is 1. The lowest BCUT2D eigenvalue weighted by atomic mass is 10.1. The van der Waals surface area contributed by atoms with Crippen LogP contribution in [-0.2, 0) is 0 Å². The molecule has 0 amide bonds. The van der Waals surface area contributed by atoms with E-state index in [-0.39, 0.29) is 22.7 Å². The molecule has 0 aliphatic carbocycles. The first-order valence-corrected chi connectivity index (χ1v) is 5.63. The van der Waals surface area contributed by atoms with Gasteiger partial charge in [-0.3, -0.25) is 14.9 Å². The van der Waals surface area contributed by atoms with E-state index in [1.807, 2.05) is 0 Å². The zero-order valence-electron chi connectivity index (χ0n) is 7.84. The van der Waals surface area contributed by atoms with Crippen LogP contribution in [0.5, 0.6) is 0 Å². The molecule has 1 unspecified atom stereocenters. The van der Waals surface area contributed by atoms with Crippen LogP contribution < -0.4 is 0 Å². The van der Waals surface area contributed by atoms with E-state index in [0.29, 0.717) is 0 Å². The molecule has 1 fully saturated rings. The fraction of sp³-hybridized carbons (Fsp3) is 0.444. The predicted octanol–water partition coefficient (Wildman–Crippen LogP) is 2.27. The van der Waals surface area contributed by atoms with Gasteiger partial charge in [0.2, 0.25) is 5.78 Å². The van der Waals surface area contributed by atoms with E-state index >= 15 is 0 Å². The molecule has 6 heteroatoms. The number of nitro groups is 1. The zero-order valence-corrected chi connectivity index (χ0v) is 8.66. The van der Waals surface area contributed by atoms with Crippen molar-refractivity contribution in [2.24, 2.45) is 0 Å². The van der Waals surface area contributed by atoms with Crippen LogP contribution in [0, 0.1) is 10.1 Å². The molecule has 0 N–H and O–H groups in total. The molecule has 0 bridgehead atoms. The molecule has 1 aliphatic heterocycles. The minimum atomic E-state index is -0.640. The molecule has 0 radical (unpaired) electrons. The highest BCUT2D eigenvalue weighted by Crippen LogP contribution is 2.30. The third-order valence-corrected chi connectivity index (χ3v) is 3.61. The Labute approximate surface area is 90.0 Å². The van der Waals surface area contributed by atoms with E-state index in [4.69, 9.17) is 4.42 Å². The summed E-state index contributed by atoms with van der Waals surface area (Å²) in [7, 11) is 0. The highest BCUT2D eigenvalue weighted by molar-refractivity contribution is 8.00. The first-order chi connectivity index (χ1) is 7.18. The van der Waals surface area contributed by atoms with Crippen LogP contribution in [0.3, 0.4) is 0 Å². The van der Waals surface area contributed by atoms with Crippen LogP contribution in [0.2, 0.25) is 0 Å². The van der Waals surface area contributed by atoms with E-state index in [2.05, 4.69) is 0 Å². The van der Waals surface area contributed by atoms with Gasteiger partial charge >= 0.3 is 5.88 Å². The standard InChI is InChI=1S/C9H9NO4S/c11-9(7-2-1-5-15-7)6-3-4-8(14-6)10(12)13/h3-4,7H,1-2,5H2. The Morgan fingerprint density at radius 1 is 1.60 bits per heavy atom. The minimum absolute atomic E-state index is 0.0873. The van der Waals surface area contributed by atoms with E-state index in [0.717, 1.165) is 18.6 Å². The van der Waals surface area contributed by atoms with E-state index in [1.54, 1.807) is 11.8 Å². The summed E-state index contributed by atoms with van der Waals surface area (Å²) in [4.78, 5) is 21.5. The van der Waals surface area contributed by atoms with Gasteiger partial charge in [-0.1, -0.05) is 0 Å². The lowest BCUT2D eigenvalue weighted by Crippen LogP contribution is -2.12. The van der Waals surface area contributed by atoms with Gasteiger partial charge in [-0.25, -0.2) is 0 Å². The third-order valence-electron chi connectivity index (χ3n) is 2.24. The average molecular weight is 227 g/mol. The summed E-state index contributed by atoms with van der Waals surface area (Å²) in [6.07, 6.45) is 1.85. The molecule has 0 aromatic carbocycles. The maximum Gasteiger partial charge on any atom is 0.433 e. The number of Topliss-reactive ketones (excluding diaryl/α,β-unsaturated/α-hetero) is 1. The van der Waals surface area contributed by atoms with Crippen molar-refractivity contribution in [3.05, 3.63) is 28.0 Å². The Hall–Kier alpha value is -1.30. The smallest absolute Gasteiger partial charge is 0.397 e. The average Bonchev–Trinajstić information content (AvgIpc) is 2.88. The molecular weight excluding hydrogens is 218 g/mol. The third kappa shape index (κ3) is 2.04. The molecule has 2 heterocycles. The summed E-state index contributed by atoms with van der Waals surface area (Å²) in [6.45, 7) is 0. The van der Waals surface area contributed by atoms with Gasteiger partial charge in [0.25, 0.3) is 0 Å². The van der Waals surface area contributed by atoms with Gasteiger partial charge in [-0.05, 0) is 24.7 Å². The Balaban J connectivity index is 2.14. The minimum Gasteiger partial charge on any atom is -0.397 e. The number of nitrogens with zero attached hydrogens (tertiary/aromatic N) is 1. The molecule has 1 saturated heterocycles. The lowest BCUT2D eigenvalue weighted by molar-refractivity contribution is -0.402. The quantitative estimate of drug-likeness (QED) is 0.450. The molecule has 1 aromatic rings. The molecule has 1 aromatic heterocycles. The van der Waals surface area contributed by atoms with Gasteiger partial charge in [0.1, 0.15) is 4.92 Å². The van der Waals surface area contributed by atoms with Crippen LogP contribution in [0.15, 0.2) is 16.5 Å². The Morgan fingerprint density at radius 3 is 2.93 bits per heavy atom. The topological polar surface area (TPSA) is 73.3 Å². The van der Waals surface area contributed by atoms with E-state index in [1.165, 1.54) is 12.1 Å². The highest BCUT2D eigenvalue weighted by atomic mass is 32.2. The van der Waals surface area contributed by atoms with Crippen LogP contribution in [0.25, 0.3) is 0 Å². The molecule has 80 valence electrons. The van der Waals surface area contributed by atoms with Crippen LogP contribution >= 0.6 is 11.8 Å². The van der Waals surface area contributed by atoms with Crippen molar-refractivity contribution in [3.8, 4) is 0 Å². The molecule has 0 spiro atoms. The van der Waals surface area contributed by atoms with Gasteiger partial charge < -0.3 is 4.42 Å². The Kier molecular flexibility index (Phi) is 2.77. The maximum absolute atomic E-state index is 11.7. The number of carbonyl (C=O) groups is 1. The summed E-state index contributed by atoms with van der Waals surface area (Å²) >= 11 is 1.58. The Morgan fingerprint density at radius 2 is 2.40 bits per heavy atom. The van der Waals surface area contributed by atoms with Gasteiger partial charge in [0.05, 0.1) is 11.3 Å². The normalized spacial score (nSPS) is 20.4. The first kappa shape index (κ1) is 10.2. The number of rotatable bonds is 3. The van der Waals surface area contributed by atoms with E-state index in [9.17, 15) is 14.9 Å². The van der Waals surface area contributed by atoms with Crippen molar-refractivity contribution in [2.45, 2.75) is 18.1 Å². The molecule has 1 aliphatic rings. The van der Waals surface area contributed by atoms with Gasteiger partial charge in [-0.15, -0.1) is 0 Å². The fourth-order valence-corrected chi connectivity index (χ4v) is 2.72. The molecule has 15 heavy (non-hydrogen) atoms. The molecule has 0 saturated carbocycles. The summed E-state index contributed by atoms with van der Waals surface area (Å²) in [5, 5.41) is 10.3. The zero-order chi connectivity index (χ0) is 10.8. The summed E-state index contributed by atoms with van der Waals surface area (Å²) < 4.78 is 4.86. The maximum atomic E-state index is 11.7. The van der Waals surface area contributed by atoms with Gasteiger partial charge in [0.15, 0.2) is 5.76 Å². The van der Waals surface area contributed by atoms with E-state index < -0.39 is 4.92 Å². The van der Waals surface area contributed by atoms with Crippen molar-refractivity contribution in [1.29, 1.82) is 0 Å². The van der Waals surface area contributed by atoms with Gasteiger partial charge in [-0.2, -0.15) is 11.8 Å². The predicted molar refractivity (Wildman–Crippen MR) is 55.2 cm³/mol. The monoisotopic (exact) mass is 227 g/mol.